The number of thiol groups is 1. The van der Waals surface area contributed by atoms with Crippen molar-refractivity contribution in [3.63, 3.8) is 0 Å². The normalized spacial score (nSPS) is 29.5. The molecule has 1 atom stereocenters. The van der Waals surface area contributed by atoms with E-state index in [9.17, 15) is 4.79 Å². The van der Waals surface area contributed by atoms with E-state index in [0.29, 0.717) is 0 Å². The highest BCUT2D eigenvalue weighted by Gasteiger charge is 2.26. The second-order valence-electron chi connectivity index (χ2n) is 2.83. The summed E-state index contributed by atoms with van der Waals surface area (Å²) in [5.74, 6) is 0.0521. The first-order chi connectivity index (χ1) is 5.27. The minimum atomic E-state index is -0.195. The molecule has 1 heterocycles. The van der Waals surface area contributed by atoms with Gasteiger partial charge < -0.3 is 10.6 Å². The van der Waals surface area contributed by atoms with Crippen LogP contribution in [0.3, 0.4) is 0 Å². The van der Waals surface area contributed by atoms with E-state index >= 15 is 0 Å². The third-order valence-electron chi connectivity index (χ3n) is 2.07. The molecule has 4 heteroatoms. The van der Waals surface area contributed by atoms with Gasteiger partial charge in [-0.15, -0.1) is 12.6 Å². The van der Waals surface area contributed by atoms with Gasteiger partial charge in [0.25, 0.3) is 5.91 Å². The number of hydrogen-bond acceptors (Lipinski definition) is 3. The van der Waals surface area contributed by atoms with Crippen LogP contribution >= 0.6 is 12.6 Å². The van der Waals surface area contributed by atoms with E-state index in [1.165, 1.54) is 0 Å². The lowest BCUT2D eigenvalue weighted by Gasteiger charge is -2.23. The van der Waals surface area contributed by atoms with Crippen molar-refractivity contribution in [3.8, 4) is 0 Å². The van der Waals surface area contributed by atoms with Gasteiger partial charge in [-0.05, 0) is 19.3 Å². The van der Waals surface area contributed by atoms with E-state index in [-0.39, 0.29) is 11.4 Å². The molecule has 11 heavy (non-hydrogen) atoms. The molecule has 0 aromatic rings. The maximum absolute atomic E-state index is 11.2. The third kappa shape index (κ3) is 1.11. The van der Waals surface area contributed by atoms with Gasteiger partial charge in [-0.25, -0.2) is 0 Å². The zero-order valence-electron chi connectivity index (χ0n) is 6.05. The molecule has 0 aromatic carbocycles. The molecule has 60 valence electrons. The molecular weight excluding hydrogens is 160 g/mol. The predicted octanol–water partition coefficient (Wildman–Crippen LogP) is 0.357. The Morgan fingerprint density at radius 2 is 2.18 bits per heavy atom. The van der Waals surface area contributed by atoms with Gasteiger partial charge >= 0.3 is 0 Å². The number of nitrogens with one attached hydrogen (secondary N) is 2. The molecule has 0 radical (unpaired) electrons. The SMILES string of the molecule is O=C1NC(S)NC2=C1CCC2. The van der Waals surface area contributed by atoms with Crippen molar-refractivity contribution in [3.05, 3.63) is 11.3 Å². The van der Waals surface area contributed by atoms with Crippen LogP contribution in [0, 0.1) is 0 Å². The Balaban J connectivity index is 2.28. The minimum Gasteiger partial charge on any atom is -0.360 e. The molecule has 0 saturated carbocycles. The van der Waals surface area contributed by atoms with Crippen LogP contribution in [0.1, 0.15) is 19.3 Å². The van der Waals surface area contributed by atoms with Gasteiger partial charge in [-0.1, -0.05) is 0 Å². The van der Waals surface area contributed by atoms with Crippen molar-refractivity contribution in [2.24, 2.45) is 0 Å². The summed E-state index contributed by atoms with van der Waals surface area (Å²) in [5, 5.41) is 5.83. The van der Waals surface area contributed by atoms with Crippen molar-refractivity contribution in [2.45, 2.75) is 24.8 Å². The molecule has 3 nitrogen and oxygen atoms in total. The quantitative estimate of drug-likeness (QED) is 0.459. The zero-order chi connectivity index (χ0) is 7.84. The number of carbonyl (C=O) groups is 1. The standard InChI is InChI=1S/C7H10N2OS/c10-6-4-2-1-3-5(4)8-7(11)9-6/h7-8,11H,1-3H2,(H,9,10). The number of allylic oxidation sites excluding steroid dienone is 1. The Bertz CT molecular complexity index is 237. The molecule has 2 N–H and O–H groups in total. The van der Waals surface area contributed by atoms with Crippen LogP contribution in [-0.4, -0.2) is 11.4 Å². The molecule has 1 aliphatic carbocycles. The molecule has 2 rings (SSSR count). The number of rotatable bonds is 0. The summed E-state index contributed by atoms with van der Waals surface area (Å²) in [6.45, 7) is 0. The molecule has 1 unspecified atom stereocenters. The number of hydrogen-bond donors (Lipinski definition) is 3. The van der Waals surface area contributed by atoms with Gasteiger partial charge in [-0.2, -0.15) is 0 Å². The summed E-state index contributed by atoms with van der Waals surface area (Å²) < 4.78 is 0. The van der Waals surface area contributed by atoms with Gasteiger partial charge in [0, 0.05) is 11.3 Å². The van der Waals surface area contributed by atoms with Gasteiger partial charge in [-0.3, -0.25) is 4.79 Å². The summed E-state index contributed by atoms with van der Waals surface area (Å²) >= 11 is 4.13. The first-order valence-corrected chi connectivity index (χ1v) is 4.26. The molecule has 1 amide bonds. The Hall–Kier alpha value is -0.640. The average molecular weight is 170 g/mol. The maximum Gasteiger partial charge on any atom is 0.251 e. The van der Waals surface area contributed by atoms with Crippen LogP contribution in [-0.2, 0) is 4.79 Å². The number of carbonyl (C=O) groups excluding carboxylic acids is 1. The summed E-state index contributed by atoms with van der Waals surface area (Å²) in [6, 6.07) is 0. The van der Waals surface area contributed by atoms with E-state index in [0.717, 1.165) is 30.5 Å². The van der Waals surface area contributed by atoms with Crippen LogP contribution in [0.2, 0.25) is 0 Å². The number of amides is 1. The van der Waals surface area contributed by atoms with Gasteiger partial charge in [0.05, 0.1) is 0 Å². The summed E-state index contributed by atoms with van der Waals surface area (Å²) in [7, 11) is 0. The summed E-state index contributed by atoms with van der Waals surface area (Å²) in [6.07, 6.45) is 3.00. The van der Waals surface area contributed by atoms with E-state index < -0.39 is 0 Å². The molecule has 0 bridgehead atoms. The highest BCUT2D eigenvalue weighted by Crippen LogP contribution is 2.26. The highest BCUT2D eigenvalue weighted by atomic mass is 32.1. The van der Waals surface area contributed by atoms with Crippen molar-refractivity contribution < 1.29 is 4.79 Å². The van der Waals surface area contributed by atoms with Crippen molar-refractivity contribution in [1.29, 1.82) is 0 Å². The van der Waals surface area contributed by atoms with E-state index in [2.05, 4.69) is 23.3 Å². The van der Waals surface area contributed by atoms with Crippen LogP contribution in [0.5, 0.6) is 0 Å². The average Bonchev–Trinajstić information content (AvgIpc) is 2.34. The molecular formula is C7H10N2OS. The van der Waals surface area contributed by atoms with Gasteiger partial charge in [0.1, 0.15) is 5.50 Å². The fourth-order valence-corrected chi connectivity index (χ4v) is 1.84. The first kappa shape index (κ1) is 7.03. The monoisotopic (exact) mass is 170 g/mol. The van der Waals surface area contributed by atoms with Crippen molar-refractivity contribution in [1.82, 2.24) is 10.6 Å². The topological polar surface area (TPSA) is 41.1 Å². The summed E-state index contributed by atoms with van der Waals surface area (Å²) in [5.41, 5.74) is 1.82. The largest absolute Gasteiger partial charge is 0.360 e. The molecule has 0 fully saturated rings. The molecule has 0 saturated heterocycles. The zero-order valence-corrected chi connectivity index (χ0v) is 6.95. The highest BCUT2D eigenvalue weighted by molar-refractivity contribution is 7.80. The third-order valence-corrected chi connectivity index (χ3v) is 2.33. The Labute approximate surface area is 70.6 Å². The minimum absolute atomic E-state index is 0.0521. The molecule has 0 spiro atoms. The molecule has 2 aliphatic rings. The first-order valence-electron chi connectivity index (χ1n) is 3.75. The van der Waals surface area contributed by atoms with Gasteiger partial charge in [0.15, 0.2) is 0 Å². The fourth-order valence-electron chi connectivity index (χ4n) is 1.57. The summed E-state index contributed by atoms with van der Waals surface area (Å²) in [4.78, 5) is 11.2. The lowest BCUT2D eigenvalue weighted by atomic mass is 10.2. The van der Waals surface area contributed by atoms with Crippen molar-refractivity contribution in [2.75, 3.05) is 0 Å². The smallest absolute Gasteiger partial charge is 0.251 e. The van der Waals surface area contributed by atoms with Crippen LogP contribution in [0.4, 0.5) is 0 Å². The lowest BCUT2D eigenvalue weighted by molar-refractivity contribution is -0.118. The lowest BCUT2D eigenvalue weighted by Crippen LogP contribution is -2.46. The second-order valence-corrected chi connectivity index (χ2v) is 3.35. The maximum atomic E-state index is 11.2. The Morgan fingerprint density at radius 3 is 3.00 bits per heavy atom. The Kier molecular flexibility index (Phi) is 1.56. The van der Waals surface area contributed by atoms with Crippen LogP contribution in [0.25, 0.3) is 0 Å². The Morgan fingerprint density at radius 1 is 1.36 bits per heavy atom. The fraction of sp³-hybridized carbons (Fsp3) is 0.571. The van der Waals surface area contributed by atoms with Crippen molar-refractivity contribution >= 4 is 18.5 Å². The van der Waals surface area contributed by atoms with Gasteiger partial charge in [0.2, 0.25) is 0 Å². The second kappa shape index (κ2) is 2.44. The van der Waals surface area contributed by atoms with Crippen LogP contribution in [0.15, 0.2) is 11.3 Å². The van der Waals surface area contributed by atoms with E-state index in [4.69, 9.17) is 0 Å². The molecule has 1 aliphatic heterocycles. The van der Waals surface area contributed by atoms with E-state index in [1.54, 1.807) is 0 Å². The van der Waals surface area contributed by atoms with E-state index in [1.807, 2.05) is 0 Å². The molecule has 0 aromatic heterocycles. The predicted molar refractivity (Wildman–Crippen MR) is 44.9 cm³/mol. The van der Waals surface area contributed by atoms with Crippen LogP contribution < -0.4 is 10.6 Å².